The van der Waals surface area contributed by atoms with Crippen molar-refractivity contribution >= 4 is 13.7 Å². The lowest BCUT2D eigenvalue weighted by Gasteiger charge is -2.25. The number of rotatable bonds is 49. The smallest absolute Gasteiger partial charge is 0.387 e. The highest BCUT2D eigenvalue weighted by Gasteiger charge is 2.27. The average molecular weight is 910 g/mol. The monoisotopic (exact) mass is 910 g/mol. The molecule has 0 fully saturated rings. The van der Waals surface area contributed by atoms with E-state index in [1.54, 1.807) is 6.08 Å². The van der Waals surface area contributed by atoms with Crippen LogP contribution in [0.1, 0.15) is 251 Å². The number of nitrogens with one attached hydrogen (secondary N) is 1. The fraction of sp³-hybridized carbons (Fsp3) is 0.870. The second-order valence-corrected chi connectivity index (χ2v) is 21.0. The van der Waals surface area contributed by atoms with Gasteiger partial charge < -0.3 is 19.8 Å². The number of hydrogen-bond acceptors (Lipinski definition) is 5. The minimum absolute atomic E-state index is 0.0549. The first-order chi connectivity index (χ1) is 30.5. The van der Waals surface area contributed by atoms with Crippen LogP contribution in [0.15, 0.2) is 36.5 Å². The molecule has 0 aliphatic carbocycles. The maximum absolute atomic E-state index is 12.9. The maximum atomic E-state index is 12.9. The van der Waals surface area contributed by atoms with E-state index in [2.05, 4.69) is 43.5 Å². The molecule has 0 aliphatic rings. The number of quaternary nitrogens is 1. The number of phosphoric ester groups is 1. The molecule has 3 atom stereocenters. The van der Waals surface area contributed by atoms with Crippen molar-refractivity contribution in [3.63, 3.8) is 0 Å². The van der Waals surface area contributed by atoms with Gasteiger partial charge in [0.05, 0.1) is 39.9 Å². The van der Waals surface area contributed by atoms with Crippen molar-refractivity contribution in [3.8, 4) is 0 Å². The van der Waals surface area contributed by atoms with Gasteiger partial charge in [-0.15, -0.1) is 0 Å². The largest absolute Gasteiger partial charge is 0.472 e. The third-order valence-corrected chi connectivity index (χ3v) is 13.1. The minimum Gasteiger partial charge on any atom is -0.387 e. The van der Waals surface area contributed by atoms with Gasteiger partial charge in [-0.05, 0) is 57.8 Å². The highest BCUT2D eigenvalue weighted by Crippen LogP contribution is 2.43. The molecule has 8 nitrogen and oxygen atoms in total. The molecule has 372 valence electrons. The average Bonchev–Trinajstić information content (AvgIpc) is 3.24. The summed E-state index contributed by atoms with van der Waals surface area (Å²) in [7, 11) is 1.55. The lowest BCUT2D eigenvalue weighted by Crippen LogP contribution is -2.45. The fourth-order valence-corrected chi connectivity index (χ4v) is 8.55. The van der Waals surface area contributed by atoms with Crippen LogP contribution in [0.25, 0.3) is 0 Å². The van der Waals surface area contributed by atoms with E-state index in [0.29, 0.717) is 17.4 Å². The molecule has 1 amide bonds. The molecule has 0 saturated heterocycles. The highest BCUT2D eigenvalue weighted by atomic mass is 31.2. The minimum atomic E-state index is -4.35. The predicted octanol–water partition coefficient (Wildman–Crippen LogP) is 15.8. The van der Waals surface area contributed by atoms with Crippen LogP contribution in [-0.2, 0) is 18.4 Å². The molecule has 0 saturated carbocycles. The van der Waals surface area contributed by atoms with Crippen LogP contribution in [0, 0.1) is 0 Å². The van der Waals surface area contributed by atoms with Crippen molar-refractivity contribution in [2.24, 2.45) is 0 Å². The van der Waals surface area contributed by atoms with Gasteiger partial charge in [0, 0.05) is 6.42 Å². The Morgan fingerprint density at radius 2 is 0.873 bits per heavy atom. The van der Waals surface area contributed by atoms with Crippen LogP contribution in [0.2, 0.25) is 0 Å². The Morgan fingerprint density at radius 1 is 0.524 bits per heavy atom. The Kier molecular flexibility index (Phi) is 44.9. The summed E-state index contributed by atoms with van der Waals surface area (Å²) in [5.74, 6) is -0.194. The maximum Gasteiger partial charge on any atom is 0.472 e. The quantitative estimate of drug-likeness (QED) is 0.0243. The number of carbonyl (C=O) groups is 1. The molecule has 3 unspecified atom stereocenters. The third-order valence-electron chi connectivity index (χ3n) is 12.1. The summed E-state index contributed by atoms with van der Waals surface area (Å²) >= 11 is 0. The summed E-state index contributed by atoms with van der Waals surface area (Å²) in [6, 6.07) is -0.867. The summed E-state index contributed by atoms with van der Waals surface area (Å²) in [6.07, 6.45) is 58.1. The van der Waals surface area contributed by atoms with Gasteiger partial charge >= 0.3 is 7.82 Å². The lowest BCUT2D eigenvalue weighted by atomic mass is 10.0. The molecule has 9 heteroatoms. The number of allylic oxidation sites excluding steroid dienone is 5. The molecule has 0 aromatic rings. The number of carbonyl (C=O) groups excluding carboxylic acids is 1. The summed E-state index contributed by atoms with van der Waals surface area (Å²) in [6.45, 7) is 4.81. The SMILES string of the molecule is CCCCCCCCC/C=C\CCCCCCCC(=O)NC(COP(=O)(O)OCC[N+](C)(C)C)C(O)/C=C/CC/C=C/CCCCCCCCCCCCCCCCCCCCC. The van der Waals surface area contributed by atoms with Gasteiger partial charge in [0.1, 0.15) is 13.2 Å². The number of aliphatic hydroxyl groups excluding tert-OH is 1. The van der Waals surface area contributed by atoms with E-state index in [1.807, 2.05) is 27.2 Å². The van der Waals surface area contributed by atoms with E-state index < -0.39 is 20.0 Å². The second-order valence-electron chi connectivity index (χ2n) is 19.6. The normalized spacial score (nSPS) is 14.3. The van der Waals surface area contributed by atoms with Crippen molar-refractivity contribution in [1.29, 1.82) is 0 Å². The van der Waals surface area contributed by atoms with Crippen LogP contribution in [0.3, 0.4) is 0 Å². The van der Waals surface area contributed by atoms with E-state index in [1.165, 1.54) is 180 Å². The van der Waals surface area contributed by atoms with E-state index in [0.717, 1.165) is 51.4 Å². The topological polar surface area (TPSA) is 105 Å². The molecule has 63 heavy (non-hydrogen) atoms. The van der Waals surface area contributed by atoms with Crippen molar-refractivity contribution in [2.45, 2.75) is 264 Å². The molecule has 0 radical (unpaired) electrons. The van der Waals surface area contributed by atoms with Crippen LogP contribution in [-0.4, -0.2) is 73.4 Å². The molecule has 0 heterocycles. The van der Waals surface area contributed by atoms with E-state index in [-0.39, 0.29) is 19.1 Å². The van der Waals surface area contributed by atoms with Crippen LogP contribution in [0.5, 0.6) is 0 Å². The summed E-state index contributed by atoms with van der Waals surface area (Å²) in [4.78, 5) is 23.2. The summed E-state index contributed by atoms with van der Waals surface area (Å²) < 4.78 is 23.6. The van der Waals surface area contributed by atoms with Gasteiger partial charge in [-0.1, -0.05) is 224 Å². The standard InChI is InChI=1S/C54H105N2O6P/c1-6-8-10-12-14-16-18-20-22-24-25-26-27-28-29-30-31-32-33-35-37-39-41-43-45-47-53(57)52(51-62-63(59,60)61-50-49-56(3,4)5)55-54(58)48-46-44-42-40-38-36-34-23-21-19-17-15-13-11-9-7-2/h23,34,37,39,45,47,52-53,57H,6-22,24-33,35-36,38,40-44,46,48-51H2,1-5H3,(H-,55,58,59,60)/p+1/b34-23-,39-37+,47-45+. The van der Waals surface area contributed by atoms with Gasteiger partial charge in [-0.2, -0.15) is 0 Å². The van der Waals surface area contributed by atoms with Gasteiger partial charge in [-0.25, -0.2) is 4.57 Å². The number of unbranched alkanes of at least 4 members (excludes halogenated alkanes) is 32. The first-order valence-corrected chi connectivity index (χ1v) is 28.4. The third kappa shape index (κ3) is 48.5. The molecular weight excluding hydrogens is 804 g/mol. The summed E-state index contributed by atoms with van der Waals surface area (Å²) in [5.41, 5.74) is 0. The van der Waals surface area contributed by atoms with Crippen LogP contribution in [0.4, 0.5) is 0 Å². The first-order valence-electron chi connectivity index (χ1n) is 26.9. The molecule has 0 aromatic heterocycles. The molecule has 0 rings (SSSR count). The number of amides is 1. The Labute approximate surface area is 391 Å². The molecule has 0 aliphatic heterocycles. The van der Waals surface area contributed by atoms with Crippen LogP contribution >= 0.6 is 7.82 Å². The zero-order chi connectivity index (χ0) is 46.4. The Morgan fingerprint density at radius 3 is 1.27 bits per heavy atom. The number of hydrogen-bond donors (Lipinski definition) is 3. The number of phosphoric acid groups is 1. The van der Waals surface area contributed by atoms with Crippen molar-refractivity contribution < 1.29 is 32.9 Å². The number of likely N-dealkylation sites (N-methyl/N-ethyl adjacent to an activating group) is 1. The second kappa shape index (κ2) is 45.9. The Bertz CT molecular complexity index is 1120. The number of nitrogens with zero attached hydrogens (tertiary/aromatic N) is 1. The van der Waals surface area contributed by atoms with Crippen molar-refractivity contribution in [2.75, 3.05) is 40.9 Å². The molecule has 0 bridgehead atoms. The summed E-state index contributed by atoms with van der Waals surface area (Å²) in [5, 5.41) is 13.9. The van der Waals surface area contributed by atoms with E-state index in [9.17, 15) is 19.4 Å². The zero-order valence-corrected chi connectivity index (χ0v) is 43.2. The Balaban J connectivity index is 4.29. The van der Waals surface area contributed by atoms with Gasteiger partial charge in [0.25, 0.3) is 0 Å². The van der Waals surface area contributed by atoms with Crippen LogP contribution < -0.4 is 5.32 Å². The van der Waals surface area contributed by atoms with Gasteiger partial charge in [0.2, 0.25) is 5.91 Å². The van der Waals surface area contributed by atoms with E-state index >= 15 is 0 Å². The first kappa shape index (κ1) is 61.7. The fourth-order valence-electron chi connectivity index (χ4n) is 7.82. The van der Waals surface area contributed by atoms with E-state index in [4.69, 9.17) is 9.05 Å². The zero-order valence-electron chi connectivity index (χ0n) is 42.3. The molecule has 3 N–H and O–H groups in total. The van der Waals surface area contributed by atoms with Gasteiger partial charge in [-0.3, -0.25) is 13.8 Å². The highest BCUT2D eigenvalue weighted by molar-refractivity contribution is 7.47. The Hall–Kier alpha value is -1.28. The molecule has 0 aromatic carbocycles. The lowest BCUT2D eigenvalue weighted by molar-refractivity contribution is -0.870. The van der Waals surface area contributed by atoms with Crippen molar-refractivity contribution in [1.82, 2.24) is 5.32 Å². The number of aliphatic hydroxyl groups is 1. The predicted molar refractivity (Wildman–Crippen MR) is 272 cm³/mol. The molecular formula is C54H106N2O6P+. The molecule has 0 spiro atoms. The van der Waals surface area contributed by atoms with Gasteiger partial charge in [0.15, 0.2) is 0 Å². The van der Waals surface area contributed by atoms with Crippen molar-refractivity contribution in [3.05, 3.63) is 36.5 Å².